The van der Waals surface area contributed by atoms with Crippen LogP contribution in [0.15, 0.2) is 78.9 Å². The van der Waals surface area contributed by atoms with E-state index in [1.165, 1.54) is 0 Å². The Morgan fingerprint density at radius 3 is 2.12 bits per heavy atom. The lowest BCUT2D eigenvalue weighted by atomic mass is 9.95. The van der Waals surface area contributed by atoms with Crippen LogP contribution < -0.4 is 10.1 Å². The molecule has 0 aliphatic rings. The Kier molecular flexibility index (Phi) is 6.07. The van der Waals surface area contributed by atoms with E-state index in [0.29, 0.717) is 6.61 Å². The van der Waals surface area contributed by atoms with Crippen molar-refractivity contribution in [1.29, 1.82) is 0 Å². The zero-order valence-corrected chi connectivity index (χ0v) is 14.9. The van der Waals surface area contributed by atoms with Gasteiger partial charge in [-0.3, -0.25) is 0 Å². The SMILES string of the molecule is CNCCOc1ccc(/C(=C\c2ccccc2)c2ccc(O)cc2)cc1. The van der Waals surface area contributed by atoms with Crippen LogP contribution in [0.5, 0.6) is 11.5 Å². The summed E-state index contributed by atoms with van der Waals surface area (Å²) in [4.78, 5) is 0. The van der Waals surface area contributed by atoms with Crippen molar-refractivity contribution in [3.63, 3.8) is 0 Å². The third kappa shape index (κ3) is 4.74. The quantitative estimate of drug-likeness (QED) is 0.486. The largest absolute Gasteiger partial charge is 0.508 e. The molecule has 26 heavy (non-hydrogen) atoms. The van der Waals surface area contributed by atoms with Crippen LogP contribution in [0.25, 0.3) is 11.6 Å². The molecule has 2 N–H and O–H groups in total. The molecular weight excluding hydrogens is 322 g/mol. The van der Waals surface area contributed by atoms with Crippen LogP contribution in [-0.4, -0.2) is 25.3 Å². The zero-order valence-electron chi connectivity index (χ0n) is 14.9. The molecule has 0 amide bonds. The van der Waals surface area contributed by atoms with Gasteiger partial charge in [-0.25, -0.2) is 0 Å². The molecule has 0 spiro atoms. The number of ether oxygens (including phenoxy) is 1. The number of rotatable bonds is 7. The van der Waals surface area contributed by atoms with E-state index in [1.807, 2.05) is 49.5 Å². The molecule has 0 aliphatic carbocycles. The fraction of sp³-hybridized carbons (Fsp3) is 0.130. The Balaban J connectivity index is 1.93. The van der Waals surface area contributed by atoms with Crippen molar-refractivity contribution >= 4 is 11.6 Å². The number of hydrogen-bond acceptors (Lipinski definition) is 3. The molecule has 3 nitrogen and oxygen atoms in total. The summed E-state index contributed by atoms with van der Waals surface area (Å²) in [7, 11) is 1.91. The van der Waals surface area contributed by atoms with Gasteiger partial charge in [0.25, 0.3) is 0 Å². The first kappa shape index (κ1) is 17.8. The smallest absolute Gasteiger partial charge is 0.119 e. The predicted molar refractivity (Wildman–Crippen MR) is 107 cm³/mol. The molecule has 0 bridgehead atoms. The van der Waals surface area contributed by atoms with Crippen molar-refractivity contribution in [1.82, 2.24) is 5.32 Å². The van der Waals surface area contributed by atoms with E-state index in [-0.39, 0.29) is 5.75 Å². The minimum atomic E-state index is 0.265. The maximum absolute atomic E-state index is 9.60. The Labute approximate surface area is 154 Å². The van der Waals surface area contributed by atoms with Crippen LogP contribution in [-0.2, 0) is 0 Å². The number of aromatic hydroxyl groups is 1. The first-order valence-electron chi connectivity index (χ1n) is 8.70. The monoisotopic (exact) mass is 345 g/mol. The molecule has 0 unspecified atom stereocenters. The molecule has 3 rings (SSSR count). The van der Waals surface area contributed by atoms with E-state index in [0.717, 1.165) is 34.6 Å². The first-order chi connectivity index (χ1) is 12.8. The number of phenolic OH excluding ortho intramolecular Hbond substituents is 1. The standard InChI is InChI=1S/C23H23NO2/c1-24-15-16-26-22-13-9-20(10-14-22)23(17-18-5-3-2-4-6-18)19-7-11-21(25)12-8-19/h2-14,17,24-25H,15-16H2,1H3/b23-17-. The van der Waals surface area contributed by atoms with E-state index in [4.69, 9.17) is 4.74 Å². The van der Waals surface area contributed by atoms with E-state index in [9.17, 15) is 5.11 Å². The molecule has 0 radical (unpaired) electrons. The Hall–Kier alpha value is -3.04. The number of likely N-dealkylation sites (N-methyl/N-ethyl adjacent to an activating group) is 1. The normalized spacial score (nSPS) is 11.3. The van der Waals surface area contributed by atoms with Gasteiger partial charge in [0, 0.05) is 6.54 Å². The average Bonchev–Trinajstić information content (AvgIpc) is 2.69. The van der Waals surface area contributed by atoms with Gasteiger partial charge in [0.2, 0.25) is 0 Å². The minimum absolute atomic E-state index is 0.265. The lowest BCUT2D eigenvalue weighted by Crippen LogP contribution is -2.15. The molecule has 0 aliphatic heterocycles. The third-order valence-electron chi connectivity index (χ3n) is 4.07. The van der Waals surface area contributed by atoms with Crippen LogP contribution in [0.4, 0.5) is 0 Å². The van der Waals surface area contributed by atoms with Gasteiger partial charge in [-0.2, -0.15) is 0 Å². The van der Waals surface area contributed by atoms with Crippen LogP contribution in [0, 0.1) is 0 Å². The lowest BCUT2D eigenvalue weighted by molar-refractivity contribution is 0.318. The highest BCUT2D eigenvalue weighted by atomic mass is 16.5. The molecule has 3 heteroatoms. The molecule has 0 fully saturated rings. The average molecular weight is 345 g/mol. The van der Waals surface area contributed by atoms with Crippen molar-refractivity contribution in [2.75, 3.05) is 20.2 Å². The molecule has 0 saturated heterocycles. The van der Waals surface area contributed by atoms with Gasteiger partial charge in [0.15, 0.2) is 0 Å². The summed E-state index contributed by atoms with van der Waals surface area (Å²) in [5.41, 5.74) is 4.37. The maximum atomic E-state index is 9.60. The Bertz CT molecular complexity index is 838. The highest BCUT2D eigenvalue weighted by molar-refractivity contribution is 5.91. The second-order valence-corrected chi connectivity index (χ2v) is 5.99. The van der Waals surface area contributed by atoms with Gasteiger partial charge in [-0.15, -0.1) is 0 Å². The number of hydrogen-bond donors (Lipinski definition) is 2. The molecule has 3 aromatic rings. The fourth-order valence-electron chi connectivity index (χ4n) is 2.69. The number of benzene rings is 3. The lowest BCUT2D eigenvalue weighted by Gasteiger charge is -2.11. The van der Waals surface area contributed by atoms with Crippen LogP contribution in [0.3, 0.4) is 0 Å². The summed E-state index contributed by atoms with van der Waals surface area (Å²) in [5.74, 6) is 1.12. The van der Waals surface area contributed by atoms with Gasteiger partial charge in [0.05, 0.1) is 0 Å². The molecule has 0 aromatic heterocycles. The van der Waals surface area contributed by atoms with Crippen molar-refractivity contribution in [3.8, 4) is 11.5 Å². The van der Waals surface area contributed by atoms with Crippen LogP contribution in [0.1, 0.15) is 16.7 Å². The Morgan fingerprint density at radius 2 is 1.50 bits per heavy atom. The first-order valence-corrected chi connectivity index (χ1v) is 8.70. The van der Waals surface area contributed by atoms with Crippen molar-refractivity contribution in [2.45, 2.75) is 0 Å². The van der Waals surface area contributed by atoms with Crippen molar-refractivity contribution in [3.05, 3.63) is 95.6 Å². The van der Waals surface area contributed by atoms with Crippen molar-refractivity contribution < 1.29 is 9.84 Å². The van der Waals surface area contributed by atoms with Gasteiger partial charge < -0.3 is 15.2 Å². The van der Waals surface area contributed by atoms with Gasteiger partial charge >= 0.3 is 0 Å². The predicted octanol–water partition coefficient (Wildman–Crippen LogP) is 4.58. The molecule has 3 aromatic carbocycles. The Morgan fingerprint density at radius 1 is 0.885 bits per heavy atom. The van der Waals surface area contributed by atoms with E-state index < -0.39 is 0 Å². The third-order valence-corrected chi connectivity index (χ3v) is 4.07. The molecular formula is C23H23NO2. The zero-order chi connectivity index (χ0) is 18.2. The topological polar surface area (TPSA) is 41.5 Å². The van der Waals surface area contributed by atoms with Crippen LogP contribution >= 0.6 is 0 Å². The molecule has 0 saturated carbocycles. The second kappa shape index (κ2) is 8.88. The van der Waals surface area contributed by atoms with Gasteiger partial charge in [-0.1, -0.05) is 54.6 Å². The van der Waals surface area contributed by atoms with E-state index in [2.05, 4.69) is 35.7 Å². The van der Waals surface area contributed by atoms with Gasteiger partial charge in [0.1, 0.15) is 18.1 Å². The highest BCUT2D eigenvalue weighted by Crippen LogP contribution is 2.28. The van der Waals surface area contributed by atoms with E-state index in [1.54, 1.807) is 12.1 Å². The van der Waals surface area contributed by atoms with Crippen LogP contribution in [0.2, 0.25) is 0 Å². The summed E-state index contributed by atoms with van der Waals surface area (Å²) in [6, 6.07) is 25.6. The van der Waals surface area contributed by atoms with Gasteiger partial charge in [-0.05, 0) is 59.7 Å². The van der Waals surface area contributed by atoms with Crippen molar-refractivity contribution in [2.24, 2.45) is 0 Å². The highest BCUT2D eigenvalue weighted by Gasteiger charge is 2.07. The minimum Gasteiger partial charge on any atom is -0.508 e. The molecule has 0 heterocycles. The fourth-order valence-corrected chi connectivity index (χ4v) is 2.69. The van der Waals surface area contributed by atoms with E-state index >= 15 is 0 Å². The second-order valence-electron chi connectivity index (χ2n) is 5.99. The summed E-state index contributed by atoms with van der Waals surface area (Å²) in [6.45, 7) is 1.45. The maximum Gasteiger partial charge on any atom is 0.119 e. The summed E-state index contributed by atoms with van der Waals surface area (Å²) >= 11 is 0. The molecule has 0 atom stereocenters. The number of phenols is 1. The molecule has 132 valence electrons. The summed E-state index contributed by atoms with van der Waals surface area (Å²) in [5, 5.41) is 12.7. The summed E-state index contributed by atoms with van der Waals surface area (Å²) in [6.07, 6.45) is 2.16. The summed E-state index contributed by atoms with van der Waals surface area (Å²) < 4.78 is 5.71. The number of nitrogens with one attached hydrogen (secondary N) is 1.